The largest absolute Gasteiger partial charge is 0.310 e. The fourth-order valence-electron chi connectivity index (χ4n) is 9.64. The van der Waals surface area contributed by atoms with E-state index in [2.05, 4.69) is 215 Å². The first kappa shape index (κ1) is 34.9. The number of rotatable bonds is 9. The summed E-state index contributed by atoms with van der Waals surface area (Å²) in [5.41, 5.74) is 19.1. The average Bonchev–Trinajstić information content (AvgIpc) is 3.58. The first-order chi connectivity index (χ1) is 26.7. The Morgan fingerprint density at radius 2 is 0.764 bits per heavy atom. The molecule has 0 aliphatic heterocycles. The molecular weight excluding hydrogens is 665 g/mol. The second-order valence-corrected chi connectivity index (χ2v) is 16.6. The Morgan fingerprint density at radius 3 is 1.15 bits per heavy atom. The van der Waals surface area contributed by atoms with E-state index in [1.807, 2.05) is 0 Å². The van der Waals surface area contributed by atoms with Crippen molar-refractivity contribution in [2.45, 2.75) is 71.1 Å². The van der Waals surface area contributed by atoms with Crippen molar-refractivity contribution in [3.05, 3.63) is 192 Å². The van der Waals surface area contributed by atoms with Crippen LogP contribution in [0.4, 0.5) is 34.1 Å². The van der Waals surface area contributed by atoms with Gasteiger partial charge in [-0.05, 0) is 135 Å². The number of para-hydroxylation sites is 3. The van der Waals surface area contributed by atoms with E-state index in [0.29, 0.717) is 5.92 Å². The van der Waals surface area contributed by atoms with Gasteiger partial charge < -0.3 is 9.80 Å². The summed E-state index contributed by atoms with van der Waals surface area (Å²) < 4.78 is 0. The van der Waals surface area contributed by atoms with Crippen LogP contribution in [0.5, 0.6) is 0 Å². The molecule has 0 heterocycles. The van der Waals surface area contributed by atoms with Gasteiger partial charge in [-0.3, -0.25) is 0 Å². The topological polar surface area (TPSA) is 6.48 Å². The molecule has 7 aromatic carbocycles. The maximum absolute atomic E-state index is 2.47. The monoisotopic (exact) mass is 714 g/mol. The lowest BCUT2D eigenvalue weighted by molar-refractivity contribution is 0.601. The Balaban J connectivity index is 1.13. The Morgan fingerprint density at radius 1 is 0.418 bits per heavy atom. The number of nitrogens with zero attached hydrogens (tertiary/aromatic N) is 2. The van der Waals surface area contributed by atoms with Crippen LogP contribution < -0.4 is 9.80 Å². The van der Waals surface area contributed by atoms with Crippen molar-refractivity contribution in [2.24, 2.45) is 0 Å². The van der Waals surface area contributed by atoms with E-state index in [9.17, 15) is 0 Å². The van der Waals surface area contributed by atoms with Gasteiger partial charge in [0.05, 0.1) is 0 Å². The van der Waals surface area contributed by atoms with Gasteiger partial charge in [0, 0.05) is 45.0 Å². The highest BCUT2D eigenvalue weighted by Crippen LogP contribution is 2.60. The smallest absolute Gasteiger partial charge is 0.0465 e. The molecule has 0 N–H and O–H groups in total. The van der Waals surface area contributed by atoms with Crippen molar-refractivity contribution in [3.8, 4) is 22.3 Å². The highest BCUT2D eigenvalue weighted by molar-refractivity contribution is 5.93. The second kappa shape index (κ2) is 13.5. The standard InChI is InChI=1S/C53H50N2/c1-7-17-36(2)37-24-26-41(27-25-37)55(40-22-15-10-16-23-40)43-29-31-45-47-33-32-46-44-30-28-42(54(38-18-11-8-12-19-38)39-20-13-9-14-21-39)34-48(44)52(3,4)50(46)51(47)53(5,6)49(45)35-43/h8-16,18-36H,7,17H2,1-6H3/t36-/m0/s1. The summed E-state index contributed by atoms with van der Waals surface area (Å²) in [5, 5.41) is 0. The van der Waals surface area contributed by atoms with Gasteiger partial charge >= 0.3 is 0 Å². The van der Waals surface area contributed by atoms with E-state index in [-0.39, 0.29) is 10.8 Å². The minimum atomic E-state index is -0.198. The van der Waals surface area contributed by atoms with Gasteiger partial charge in [0.1, 0.15) is 0 Å². The molecule has 0 spiro atoms. The highest BCUT2D eigenvalue weighted by atomic mass is 15.1. The van der Waals surface area contributed by atoms with E-state index in [0.717, 1.165) is 11.4 Å². The molecule has 0 fully saturated rings. The summed E-state index contributed by atoms with van der Waals surface area (Å²) in [6.45, 7) is 14.4. The molecule has 0 saturated carbocycles. The Kier molecular flexibility index (Phi) is 8.54. The minimum absolute atomic E-state index is 0.195. The molecule has 55 heavy (non-hydrogen) atoms. The van der Waals surface area contributed by atoms with Crippen molar-refractivity contribution in [3.63, 3.8) is 0 Å². The lowest BCUT2D eigenvalue weighted by Gasteiger charge is -2.32. The highest BCUT2D eigenvalue weighted by Gasteiger charge is 2.46. The predicted molar refractivity (Wildman–Crippen MR) is 234 cm³/mol. The summed E-state index contributed by atoms with van der Waals surface area (Å²) in [6.07, 6.45) is 2.40. The van der Waals surface area contributed by atoms with Crippen molar-refractivity contribution in [1.29, 1.82) is 0 Å². The lowest BCUT2D eigenvalue weighted by Crippen LogP contribution is -2.24. The molecule has 1 atom stereocenters. The van der Waals surface area contributed by atoms with Crippen LogP contribution in [-0.4, -0.2) is 0 Å². The summed E-state index contributed by atoms with van der Waals surface area (Å²) in [4.78, 5) is 4.80. The van der Waals surface area contributed by atoms with Crippen LogP contribution in [0.15, 0.2) is 164 Å². The summed E-state index contributed by atoms with van der Waals surface area (Å²) in [7, 11) is 0. The van der Waals surface area contributed by atoms with Crippen LogP contribution >= 0.6 is 0 Å². The Labute approximate surface area is 327 Å². The van der Waals surface area contributed by atoms with E-state index < -0.39 is 0 Å². The van der Waals surface area contributed by atoms with E-state index in [4.69, 9.17) is 0 Å². The molecule has 2 aliphatic carbocycles. The first-order valence-electron chi connectivity index (χ1n) is 20.0. The predicted octanol–water partition coefficient (Wildman–Crippen LogP) is 15.1. The summed E-state index contributed by atoms with van der Waals surface area (Å²) in [6, 6.07) is 60.6. The third-order valence-corrected chi connectivity index (χ3v) is 12.4. The molecule has 0 amide bonds. The SMILES string of the molecule is CCC[C@H](C)c1ccc(N(c2ccccc2)c2ccc3c(c2)C(C)(C)c2c-3ccc3c2C(C)(C)c2cc(N(c4ccccc4)c4ccccc4)ccc2-3)cc1. The van der Waals surface area contributed by atoms with E-state index in [1.165, 1.54) is 85.7 Å². The normalized spacial score (nSPS) is 14.7. The summed E-state index contributed by atoms with van der Waals surface area (Å²) >= 11 is 0. The zero-order valence-electron chi connectivity index (χ0n) is 33.0. The van der Waals surface area contributed by atoms with Gasteiger partial charge in [-0.2, -0.15) is 0 Å². The number of anilines is 6. The van der Waals surface area contributed by atoms with Gasteiger partial charge in [-0.1, -0.05) is 139 Å². The van der Waals surface area contributed by atoms with Gasteiger partial charge in [0.15, 0.2) is 0 Å². The van der Waals surface area contributed by atoms with Crippen molar-refractivity contribution in [1.82, 2.24) is 0 Å². The van der Waals surface area contributed by atoms with Crippen LogP contribution in [0.3, 0.4) is 0 Å². The van der Waals surface area contributed by atoms with Gasteiger partial charge in [0.2, 0.25) is 0 Å². The van der Waals surface area contributed by atoms with Crippen LogP contribution in [0.25, 0.3) is 22.3 Å². The van der Waals surface area contributed by atoms with Gasteiger partial charge in [-0.25, -0.2) is 0 Å². The molecule has 2 aliphatic rings. The number of benzene rings is 7. The van der Waals surface area contributed by atoms with Gasteiger partial charge in [0.25, 0.3) is 0 Å². The van der Waals surface area contributed by atoms with Crippen molar-refractivity contribution in [2.75, 3.05) is 9.80 Å². The van der Waals surface area contributed by atoms with Crippen LogP contribution in [-0.2, 0) is 10.8 Å². The third-order valence-electron chi connectivity index (χ3n) is 12.4. The zero-order chi connectivity index (χ0) is 37.9. The van der Waals surface area contributed by atoms with Crippen LogP contribution in [0.2, 0.25) is 0 Å². The second-order valence-electron chi connectivity index (χ2n) is 16.6. The summed E-state index contributed by atoms with van der Waals surface area (Å²) in [5.74, 6) is 0.555. The molecule has 2 heteroatoms. The fourth-order valence-corrected chi connectivity index (χ4v) is 9.64. The number of hydrogen-bond donors (Lipinski definition) is 0. The molecule has 0 unspecified atom stereocenters. The number of hydrogen-bond acceptors (Lipinski definition) is 2. The van der Waals surface area contributed by atoms with E-state index in [1.54, 1.807) is 0 Å². The maximum atomic E-state index is 2.47. The quantitative estimate of drug-likeness (QED) is 0.147. The molecule has 0 radical (unpaired) electrons. The maximum Gasteiger partial charge on any atom is 0.0465 e. The average molecular weight is 715 g/mol. The molecule has 0 aromatic heterocycles. The van der Waals surface area contributed by atoms with Crippen molar-refractivity contribution >= 4 is 34.1 Å². The molecule has 0 saturated heterocycles. The minimum Gasteiger partial charge on any atom is -0.310 e. The third kappa shape index (κ3) is 5.70. The van der Waals surface area contributed by atoms with Crippen LogP contribution in [0.1, 0.15) is 88.1 Å². The first-order valence-corrected chi connectivity index (χ1v) is 20.0. The molecule has 9 rings (SSSR count). The van der Waals surface area contributed by atoms with E-state index >= 15 is 0 Å². The van der Waals surface area contributed by atoms with Gasteiger partial charge in [-0.15, -0.1) is 0 Å². The Hall–Kier alpha value is -5.86. The molecule has 2 nitrogen and oxygen atoms in total. The Bertz CT molecular complexity index is 2460. The molecule has 0 bridgehead atoms. The van der Waals surface area contributed by atoms with Crippen molar-refractivity contribution < 1.29 is 0 Å². The lowest BCUT2D eigenvalue weighted by atomic mass is 9.72. The molecular formula is C53H50N2. The fraction of sp³-hybridized carbons (Fsp3) is 0.208. The zero-order valence-corrected chi connectivity index (χ0v) is 33.0. The molecule has 272 valence electrons. The number of fused-ring (bicyclic) bond motifs is 7. The molecule has 7 aromatic rings. The van der Waals surface area contributed by atoms with Crippen LogP contribution in [0, 0.1) is 0 Å².